The largest absolute Gasteiger partial charge is 0.396 e. The number of carbonyl (C=O) groups excluding carboxylic acids is 1. The summed E-state index contributed by atoms with van der Waals surface area (Å²) in [5.74, 6) is 0.0158. The number of nitrogen functional groups attached to an aromatic ring is 1. The van der Waals surface area contributed by atoms with Gasteiger partial charge in [0, 0.05) is 31.0 Å². The second-order valence-corrected chi connectivity index (χ2v) is 6.47. The minimum Gasteiger partial charge on any atom is -0.396 e. The summed E-state index contributed by atoms with van der Waals surface area (Å²) in [6.07, 6.45) is 2.93. The van der Waals surface area contributed by atoms with Crippen molar-refractivity contribution >= 4 is 23.4 Å². The number of halogens is 1. The van der Waals surface area contributed by atoms with E-state index in [0.717, 1.165) is 0 Å². The fourth-order valence-corrected chi connectivity index (χ4v) is 2.90. The van der Waals surface area contributed by atoms with Crippen LogP contribution in [0, 0.1) is 5.82 Å². The van der Waals surface area contributed by atoms with Crippen molar-refractivity contribution in [2.24, 2.45) is 0 Å². The van der Waals surface area contributed by atoms with Crippen LogP contribution < -0.4 is 16.0 Å². The standard InChI is InChI=1S/C20H19FN6O2/c21-15-3-1-13(2-4-15)17-6-5-16(22)18(25-17)26-19(28)14-11-23-20(24-12-14)27-7-9-29-10-8-27/h1-6,11-12H,7-10,22H2,(H,25,26,28). The third-order valence-corrected chi connectivity index (χ3v) is 4.49. The zero-order valence-corrected chi connectivity index (χ0v) is 15.5. The molecule has 3 heterocycles. The molecule has 1 aromatic carbocycles. The third-order valence-electron chi connectivity index (χ3n) is 4.49. The van der Waals surface area contributed by atoms with Gasteiger partial charge in [-0.05, 0) is 36.4 Å². The molecule has 9 heteroatoms. The van der Waals surface area contributed by atoms with Crippen LogP contribution in [0.5, 0.6) is 0 Å². The fraction of sp³-hybridized carbons (Fsp3) is 0.200. The highest BCUT2D eigenvalue weighted by Gasteiger charge is 2.16. The molecule has 2 aromatic heterocycles. The van der Waals surface area contributed by atoms with Crippen LogP contribution in [0.3, 0.4) is 0 Å². The minimum absolute atomic E-state index is 0.217. The molecule has 0 spiro atoms. The SMILES string of the molecule is Nc1ccc(-c2ccc(F)cc2)nc1NC(=O)c1cnc(N2CCOCC2)nc1. The van der Waals surface area contributed by atoms with Crippen molar-refractivity contribution in [3.63, 3.8) is 0 Å². The lowest BCUT2D eigenvalue weighted by molar-refractivity contribution is 0.102. The number of amides is 1. The van der Waals surface area contributed by atoms with Crippen molar-refractivity contribution in [1.82, 2.24) is 15.0 Å². The smallest absolute Gasteiger partial charge is 0.260 e. The first kappa shape index (κ1) is 18.8. The molecule has 1 amide bonds. The summed E-state index contributed by atoms with van der Waals surface area (Å²) in [7, 11) is 0. The molecule has 0 bridgehead atoms. The Hall–Kier alpha value is -3.59. The van der Waals surface area contributed by atoms with Gasteiger partial charge in [-0.25, -0.2) is 19.3 Å². The average molecular weight is 394 g/mol. The number of hydrogen-bond donors (Lipinski definition) is 2. The molecule has 3 aromatic rings. The number of nitrogens with one attached hydrogen (secondary N) is 1. The van der Waals surface area contributed by atoms with Gasteiger partial charge in [0.1, 0.15) is 5.82 Å². The number of pyridine rings is 1. The number of aromatic nitrogens is 3. The van der Waals surface area contributed by atoms with Crippen LogP contribution in [0.4, 0.5) is 21.8 Å². The van der Waals surface area contributed by atoms with Crippen LogP contribution in [-0.4, -0.2) is 47.2 Å². The molecule has 0 aliphatic carbocycles. The van der Waals surface area contributed by atoms with E-state index in [-0.39, 0.29) is 17.2 Å². The Morgan fingerprint density at radius 2 is 1.76 bits per heavy atom. The summed E-state index contributed by atoms with van der Waals surface area (Å²) in [6.45, 7) is 2.67. The number of carbonyl (C=O) groups is 1. The van der Waals surface area contributed by atoms with Crippen LogP contribution in [0.25, 0.3) is 11.3 Å². The van der Waals surface area contributed by atoms with Gasteiger partial charge in [-0.15, -0.1) is 0 Å². The van der Waals surface area contributed by atoms with E-state index in [1.54, 1.807) is 24.3 Å². The van der Waals surface area contributed by atoms with E-state index in [9.17, 15) is 9.18 Å². The summed E-state index contributed by atoms with van der Waals surface area (Å²) in [6, 6.07) is 9.26. The molecular formula is C20H19FN6O2. The monoisotopic (exact) mass is 394 g/mol. The molecular weight excluding hydrogens is 375 g/mol. The van der Waals surface area contributed by atoms with Crippen molar-refractivity contribution in [3.8, 4) is 11.3 Å². The molecule has 1 saturated heterocycles. The molecule has 8 nitrogen and oxygen atoms in total. The number of nitrogens with two attached hydrogens (primary N) is 1. The Morgan fingerprint density at radius 1 is 1.07 bits per heavy atom. The van der Waals surface area contributed by atoms with Gasteiger partial charge in [0.2, 0.25) is 5.95 Å². The van der Waals surface area contributed by atoms with Gasteiger partial charge in [-0.1, -0.05) is 0 Å². The summed E-state index contributed by atoms with van der Waals surface area (Å²) in [5, 5.41) is 2.68. The molecule has 0 radical (unpaired) electrons. The van der Waals surface area contributed by atoms with Crippen molar-refractivity contribution in [2.75, 3.05) is 42.3 Å². The van der Waals surface area contributed by atoms with Crippen LogP contribution in [0.2, 0.25) is 0 Å². The Bertz CT molecular complexity index is 1000. The van der Waals surface area contributed by atoms with Gasteiger partial charge in [0.15, 0.2) is 5.82 Å². The highest BCUT2D eigenvalue weighted by molar-refractivity contribution is 6.04. The van der Waals surface area contributed by atoms with Crippen molar-refractivity contribution in [3.05, 3.63) is 60.2 Å². The normalized spacial score (nSPS) is 13.9. The van der Waals surface area contributed by atoms with Gasteiger partial charge < -0.3 is 20.7 Å². The predicted molar refractivity (Wildman–Crippen MR) is 107 cm³/mol. The van der Waals surface area contributed by atoms with E-state index >= 15 is 0 Å². The Kier molecular flexibility index (Phi) is 5.30. The van der Waals surface area contributed by atoms with E-state index in [1.807, 2.05) is 4.90 Å². The van der Waals surface area contributed by atoms with Gasteiger partial charge in [0.05, 0.1) is 30.2 Å². The molecule has 1 aliphatic rings. The third kappa shape index (κ3) is 4.30. The maximum absolute atomic E-state index is 13.1. The topological polar surface area (TPSA) is 106 Å². The molecule has 1 aliphatic heterocycles. The van der Waals surface area contributed by atoms with Crippen molar-refractivity contribution in [1.29, 1.82) is 0 Å². The number of morpholine rings is 1. The Morgan fingerprint density at radius 3 is 2.45 bits per heavy atom. The average Bonchev–Trinajstić information content (AvgIpc) is 2.76. The molecule has 0 saturated carbocycles. The summed E-state index contributed by atoms with van der Waals surface area (Å²) >= 11 is 0. The van der Waals surface area contributed by atoms with E-state index in [2.05, 4.69) is 20.3 Å². The highest BCUT2D eigenvalue weighted by Crippen LogP contribution is 2.24. The molecule has 4 rings (SSSR count). The van der Waals surface area contributed by atoms with Crippen LogP contribution in [0.1, 0.15) is 10.4 Å². The molecule has 0 atom stereocenters. The Labute approximate surface area is 166 Å². The first-order valence-electron chi connectivity index (χ1n) is 9.09. The number of benzene rings is 1. The summed E-state index contributed by atoms with van der Waals surface area (Å²) < 4.78 is 18.4. The van der Waals surface area contributed by atoms with Crippen LogP contribution in [0.15, 0.2) is 48.8 Å². The molecule has 0 unspecified atom stereocenters. The zero-order chi connectivity index (χ0) is 20.2. The van der Waals surface area contributed by atoms with Gasteiger partial charge in [-0.2, -0.15) is 0 Å². The Balaban J connectivity index is 1.50. The number of ether oxygens (including phenoxy) is 1. The number of nitrogens with zero attached hydrogens (tertiary/aromatic N) is 4. The molecule has 148 valence electrons. The van der Waals surface area contributed by atoms with E-state index in [0.29, 0.717) is 49.2 Å². The minimum atomic E-state index is -0.422. The zero-order valence-electron chi connectivity index (χ0n) is 15.5. The van der Waals surface area contributed by atoms with E-state index < -0.39 is 5.91 Å². The van der Waals surface area contributed by atoms with Gasteiger partial charge >= 0.3 is 0 Å². The van der Waals surface area contributed by atoms with Crippen molar-refractivity contribution in [2.45, 2.75) is 0 Å². The summed E-state index contributed by atoms with van der Waals surface area (Å²) in [5.41, 5.74) is 7.83. The lowest BCUT2D eigenvalue weighted by Gasteiger charge is -2.26. The quantitative estimate of drug-likeness (QED) is 0.700. The van der Waals surface area contributed by atoms with Gasteiger partial charge in [-0.3, -0.25) is 4.79 Å². The number of hydrogen-bond acceptors (Lipinski definition) is 7. The van der Waals surface area contributed by atoms with Crippen LogP contribution >= 0.6 is 0 Å². The van der Waals surface area contributed by atoms with Crippen molar-refractivity contribution < 1.29 is 13.9 Å². The maximum Gasteiger partial charge on any atom is 0.260 e. The second-order valence-electron chi connectivity index (χ2n) is 6.47. The van der Waals surface area contributed by atoms with E-state index in [1.165, 1.54) is 24.5 Å². The fourth-order valence-electron chi connectivity index (χ4n) is 2.90. The molecule has 29 heavy (non-hydrogen) atoms. The summed E-state index contributed by atoms with van der Waals surface area (Å²) in [4.78, 5) is 27.5. The van der Waals surface area contributed by atoms with E-state index in [4.69, 9.17) is 10.5 Å². The first-order valence-corrected chi connectivity index (χ1v) is 9.09. The molecule has 3 N–H and O–H groups in total. The predicted octanol–water partition coefficient (Wildman–Crippen LogP) is 2.35. The maximum atomic E-state index is 13.1. The number of rotatable bonds is 4. The lowest BCUT2D eigenvalue weighted by Crippen LogP contribution is -2.37. The van der Waals surface area contributed by atoms with Gasteiger partial charge in [0.25, 0.3) is 5.91 Å². The number of anilines is 3. The lowest BCUT2D eigenvalue weighted by atomic mass is 10.1. The molecule has 1 fully saturated rings. The second kappa shape index (κ2) is 8.19. The van der Waals surface area contributed by atoms with Crippen LogP contribution in [-0.2, 0) is 4.74 Å². The first-order chi connectivity index (χ1) is 14.1. The highest BCUT2D eigenvalue weighted by atomic mass is 19.1.